The number of rotatable bonds is 2. The van der Waals surface area contributed by atoms with Gasteiger partial charge in [0, 0.05) is 28.3 Å². The Kier molecular flexibility index (Phi) is 3.97. The van der Waals surface area contributed by atoms with E-state index in [1.54, 1.807) is 0 Å². The van der Waals surface area contributed by atoms with Gasteiger partial charge in [-0.25, -0.2) is 4.79 Å². The van der Waals surface area contributed by atoms with Gasteiger partial charge in [-0.1, -0.05) is 6.07 Å². The smallest absolute Gasteiger partial charge is 0.339 e. The molecule has 1 aliphatic heterocycles. The predicted octanol–water partition coefficient (Wildman–Crippen LogP) is 2.31. The molecule has 138 valence electrons. The molecule has 0 spiro atoms. The summed E-state index contributed by atoms with van der Waals surface area (Å²) >= 11 is 0. The van der Waals surface area contributed by atoms with Crippen molar-refractivity contribution in [2.45, 2.75) is 45.7 Å². The summed E-state index contributed by atoms with van der Waals surface area (Å²) in [5.41, 5.74) is 5.81. The normalized spacial score (nSPS) is 18.6. The van der Waals surface area contributed by atoms with Gasteiger partial charge in [-0.15, -0.1) is 0 Å². The average molecular weight is 363 g/mol. The van der Waals surface area contributed by atoms with Crippen LogP contribution < -0.4 is 15.3 Å². The number of nitrogens with zero attached hydrogens (tertiary/aromatic N) is 1. The van der Waals surface area contributed by atoms with Gasteiger partial charge < -0.3 is 9.15 Å². The SMILES string of the molecule is Cc1c2c(cc3c4c(c(=O)oc13)CCCC4)C[NH+](Cc1ccccn1)CO2. The molecule has 2 aromatic heterocycles. The zero-order chi connectivity index (χ0) is 18.4. The highest BCUT2D eigenvalue weighted by atomic mass is 16.5. The highest BCUT2D eigenvalue weighted by Crippen LogP contribution is 2.35. The molecule has 3 heterocycles. The minimum Gasteiger partial charge on any atom is -0.444 e. The van der Waals surface area contributed by atoms with E-state index in [9.17, 15) is 4.79 Å². The Morgan fingerprint density at radius 3 is 2.85 bits per heavy atom. The molecule has 5 nitrogen and oxygen atoms in total. The predicted molar refractivity (Wildman–Crippen MR) is 102 cm³/mol. The molecule has 0 bridgehead atoms. The lowest BCUT2D eigenvalue weighted by Gasteiger charge is -2.28. The van der Waals surface area contributed by atoms with Crippen LogP contribution in [0.1, 0.15) is 40.8 Å². The fraction of sp³-hybridized carbons (Fsp3) is 0.364. The molecular formula is C22H23N2O3+. The highest BCUT2D eigenvalue weighted by molar-refractivity contribution is 5.87. The van der Waals surface area contributed by atoms with Gasteiger partial charge >= 0.3 is 5.63 Å². The van der Waals surface area contributed by atoms with Crippen molar-refractivity contribution in [3.05, 3.63) is 68.8 Å². The Bertz CT molecular complexity index is 1070. The maximum atomic E-state index is 12.4. The number of benzene rings is 1. The Balaban J connectivity index is 1.57. The Labute approximate surface area is 157 Å². The van der Waals surface area contributed by atoms with Gasteiger partial charge in [0.05, 0.1) is 5.69 Å². The Morgan fingerprint density at radius 2 is 2.04 bits per heavy atom. The van der Waals surface area contributed by atoms with Gasteiger partial charge in [0.2, 0.25) is 6.73 Å². The van der Waals surface area contributed by atoms with E-state index in [1.807, 2.05) is 25.3 Å². The Morgan fingerprint density at radius 1 is 1.19 bits per heavy atom. The maximum absolute atomic E-state index is 12.4. The highest BCUT2D eigenvalue weighted by Gasteiger charge is 2.27. The van der Waals surface area contributed by atoms with Crippen LogP contribution in [-0.2, 0) is 25.9 Å². The molecule has 27 heavy (non-hydrogen) atoms. The fourth-order valence-electron chi connectivity index (χ4n) is 4.49. The molecule has 1 unspecified atom stereocenters. The molecule has 1 aliphatic carbocycles. The van der Waals surface area contributed by atoms with Crippen molar-refractivity contribution in [2.75, 3.05) is 6.73 Å². The van der Waals surface area contributed by atoms with Crippen LogP contribution in [0.2, 0.25) is 0 Å². The van der Waals surface area contributed by atoms with E-state index in [1.165, 1.54) is 16.0 Å². The molecule has 5 rings (SSSR count). The second-order valence-electron chi connectivity index (χ2n) is 7.63. The van der Waals surface area contributed by atoms with Crippen molar-refractivity contribution >= 4 is 11.0 Å². The van der Waals surface area contributed by atoms with Gasteiger partial charge in [0.1, 0.15) is 24.4 Å². The lowest BCUT2D eigenvalue weighted by atomic mass is 9.89. The summed E-state index contributed by atoms with van der Waals surface area (Å²) in [6, 6.07) is 8.21. The lowest BCUT2D eigenvalue weighted by Crippen LogP contribution is -3.11. The molecule has 0 saturated heterocycles. The van der Waals surface area contributed by atoms with Crippen LogP contribution in [0.25, 0.3) is 11.0 Å². The number of aryl methyl sites for hydroxylation is 2. The van der Waals surface area contributed by atoms with E-state index in [-0.39, 0.29) is 5.63 Å². The van der Waals surface area contributed by atoms with E-state index in [0.29, 0.717) is 12.3 Å². The molecule has 1 N–H and O–H groups in total. The van der Waals surface area contributed by atoms with Crippen molar-refractivity contribution in [2.24, 2.45) is 0 Å². The summed E-state index contributed by atoms with van der Waals surface area (Å²) in [6.07, 6.45) is 5.82. The van der Waals surface area contributed by atoms with E-state index in [4.69, 9.17) is 9.15 Å². The first-order valence-corrected chi connectivity index (χ1v) is 9.68. The minimum atomic E-state index is -0.168. The van der Waals surface area contributed by atoms with Gasteiger partial charge in [-0.3, -0.25) is 9.88 Å². The first-order chi connectivity index (χ1) is 13.2. The molecule has 5 heteroatoms. The third-order valence-corrected chi connectivity index (χ3v) is 5.79. The average Bonchev–Trinajstić information content (AvgIpc) is 2.70. The Hall–Kier alpha value is -2.66. The largest absolute Gasteiger partial charge is 0.444 e. The summed E-state index contributed by atoms with van der Waals surface area (Å²) < 4.78 is 11.8. The molecule has 0 fully saturated rings. The first-order valence-electron chi connectivity index (χ1n) is 9.68. The van der Waals surface area contributed by atoms with E-state index in [2.05, 4.69) is 17.1 Å². The van der Waals surface area contributed by atoms with Crippen LogP contribution in [-0.4, -0.2) is 11.7 Å². The number of fused-ring (bicyclic) bond motifs is 4. The number of pyridine rings is 1. The number of hydrogen-bond donors (Lipinski definition) is 1. The van der Waals surface area contributed by atoms with Crippen LogP contribution in [0.5, 0.6) is 5.75 Å². The molecule has 1 atom stereocenters. The van der Waals surface area contributed by atoms with Crippen molar-refractivity contribution < 1.29 is 14.1 Å². The molecule has 0 radical (unpaired) electrons. The maximum Gasteiger partial charge on any atom is 0.339 e. The molecular weight excluding hydrogens is 340 g/mol. The lowest BCUT2D eigenvalue weighted by molar-refractivity contribution is -0.946. The van der Waals surface area contributed by atoms with Gasteiger partial charge in [-0.2, -0.15) is 0 Å². The van der Waals surface area contributed by atoms with Crippen molar-refractivity contribution in [3.8, 4) is 5.75 Å². The zero-order valence-corrected chi connectivity index (χ0v) is 15.5. The van der Waals surface area contributed by atoms with Crippen molar-refractivity contribution in [3.63, 3.8) is 0 Å². The fourth-order valence-corrected chi connectivity index (χ4v) is 4.49. The topological polar surface area (TPSA) is 56.8 Å². The van der Waals surface area contributed by atoms with Crippen LogP contribution in [0.4, 0.5) is 0 Å². The minimum absolute atomic E-state index is 0.168. The second-order valence-corrected chi connectivity index (χ2v) is 7.63. The zero-order valence-electron chi connectivity index (χ0n) is 15.5. The summed E-state index contributed by atoms with van der Waals surface area (Å²) in [4.78, 5) is 18.2. The quantitative estimate of drug-likeness (QED) is 0.710. The monoisotopic (exact) mass is 363 g/mol. The van der Waals surface area contributed by atoms with Crippen molar-refractivity contribution in [1.29, 1.82) is 0 Å². The number of nitrogens with one attached hydrogen (secondary N) is 1. The molecule has 1 aromatic carbocycles. The van der Waals surface area contributed by atoms with Crippen LogP contribution in [0, 0.1) is 6.92 Å². The molecule has 0 saturated carbocycles. The summed E-state index contributed by atoms with van der Waals surface area (Å²) in [7, 11) is 0. The number of ether oxygens (including phenoxy) is 1. The summed E-state index contributed by atoms with van der Waals surface area (Å²) in [5.74, 6) is 0.881. The van der Waals surface area contributed by atoms with Gasteiger partial charge in [0.15, 0.2) is 0 Å². The number of quaternary nitrogens is 1. The van der Waals surface area contributed by atoms with E-state index >= 15 is 0 Å². The standard InChI is InChI=1S/C22H22N2O3/c1-14-20-15(11-24(13-26-20)12-16-6-4-5-9-23-16)10-19-17-7-2-3-8-18(17)22(25)27-21(14)19/h4-6,9-10H,2-3,7-8,11-13H2,1H3/p+1. The van der Waals surface area contributed by atoms with Crippen LogP contribution >= 0.6 is 0 Å². The third kappa shape index (κ3) is 2.82. The van der Waals surface area contributed by atoms with Gasteiger partial charge in [0.25, 0.3) is 0 Å². The molecule has 3 aromatic rings. The van der Waals surface area contributed by atoms with Crippen molar-refractivity contribution in [1.82, 2.24) is 4.98 Å². The molecule has 0 amide bonds. The van der Waals surface area contributed by atoms with E-state index in [0.717, 1.165) is 66.7 Å². The molecule has 2 aliphatic rings. The summed E-state index contributed by atoms with van der Waals surface area (Å²) in [6.45, 7) is 4.31. The number of hydrogen-bond acceptors (Lipinski definition) is 4. The first kappa shape index (κ1) is 16.5. The second kappa shape index (κ2) is 6.50. The third-order valence-electron chi connectivity index (χ3n) is 5.79. The van der Waals surface area contributed by atoms with Crippen LogP contribution in [0.3, 0.4) is 0 Å². The van der Waals surface area contributed by atoms with Crippen LogP contribution in [0.15, 0.2) is 39.7 Å². The number of aromatic nitrogens is 1. The summed E-state index contributed by atoms with van der Waals surface area (Å²) in [5, 5.41) is 1.10. The van der Waals surface area contributed by atoms with E-state index < -0.39 is 0 Å². The van der Waals surface area contributed by atoms with Gasteiger partial charge in [-0.05, 0) is 56.4 Å².